The number of urea groups is 1. The van der Waals surface area contributed by atoms with Gasteiger partial charge in [0.05, 0.1) is 11.3 Å². The number of carbonyl (C=O) groups excluding carboxylic acids is 1. The number of carboxylic acid groups (broad SMARTS) is 1. The van der Waals surface area contributed by atoms with Crippen molar-refractivity contribution in [3.05, 3.63) is 29.8 Å². The molecule has 0 saturated heterocycles. The molecule has 0 bridgehead atoms. The second kappa shape index (κ2) is 6.61. The normalized spacial score (nSPS) is 9.89. The van der Waals surface area contributed by atoms with E-state index in [1.165, 1.54) is 18.0 Å². The average Bonchev–Trinajstić information content (AvgIpc) is 2.38. The summed E-state index contributed by atoms with van der Waals surface area (Å²) in [7, 11) is 1.53. The van der Waals surface area contributed by atoms with Crippen molar-refractivity contribution >= 4 is 17.7 Å². The molecule has 0 heterocycles. The quantitative estimate of drug-likeness (QED) is 0.677. The number of rotatable bonds is 5. The lowest BCUT2D eigenvalue weighted by Crippen LogP contribution is -2.38. The molecule has 6 nitrogen and oxygen atoms in total. The molecule has 1 rings (SSSR count). The Hall–Kier alpha value is -2.08. The molecule has 0 fully saturated rings. The minimum absolute atomic E-state index is 0.0916. The fourth-order valence-corrected chi connectivity index (χ4v) is 1.47. The van der Waals surface area contributed by atoms with Crippen molar-refractivity contribution in [2.24, 2.45) is 5.73 Å². The van der Waals surface area contributed by atoms with Crippen LogP contribution in [-0.2, 0) is 0 Å². The van der Waals surface area contributed by atoms with Crippen LogP contribution in [0.2, 0.25) is 0 Å². The first-order valence-corrected chi connectivity index (χ1v) is 5.62. The van der Waals surface area contributed by atoms with Gasteiger partial charge in [-0.3, -0.25) is 4.90 Å². The van der Waals surface area contributed by atoms with Crippen LogP contribution in [0.1, 0.15) is 16.8 Å². The molecule has 1 aromatic carbocycles. The summed E-state index contributed by atoms with van der Waals surface area (Å²) in [5, 5.41) is 11.7. The largest absolute Gasteiger partial charge is 0.478 e. The van der Waals surface area contributed by atoms with Crippen molar-refractivity contribution in [3.8, 4) is 0 Å². The summed E-state index contributed by atoms with van der Waals surface area (Å²) in [5.74, 6) is -1.06. The smallest absolute Gasteiger partial charge is 0.337 e. The molecular formula is C12H17N3O3. The van der Waals surface area contributed by atoms with Gasteiger partial charge in [-0.25, -0.2) is 9.59 Å². The fraction of sp³-hybridized carbons (Fsp3) is 0.333. The average molecular weight is 251 g/mol. The van der Waals surface area contributed by atoms with Gasteiger partial charge < -0.3 is 16.2 Å². The highest BCUT2D eigenvalue weighted by Crippen LogP contribution is 2.18. The van der Waals surface area contributed by atoms with Crippen LogP contribution in [0.15, 0.2) is 24.3 Å². The van der Waals surface area contributed by atoms with Gasteiger partial charge >= 0.3 is 12.0 Å². The molecule has 0 atom stereocenters. The number of carbonyl (C=O) groups is 2. The molecule has 4 N–H and O–H groups in total. The van der Waals surface area contributed by atoms with Crippen molar-refractivity contribution in [3.63, 3.8) is 0 Å². The zero-order valence-electron chi connectivity index (χ0n) is 10.2. The predicted molar refractivity (Wildman–Crippen MR) is 68.9 cm³/mol. The Morgan fingerprint density at radius 1 is 1.39 bits per heavy atom. The molecular weight excluding hydrogens is 234 g/mol. The van der Waals surface area contributed by atoms with Crippen LogP contribution in [-0.4, -0.2) is 37.2 Å². The van der Waals surface area contributed by atoms with Crippen LogP contribution in [0.4, 0.5) is 10.5 Å². The van der Waals surface area contributed by atoms with Gasteiger partial charge in [0, 0.05) is 13.6 Å². The molecule has 0 aliphatic heterocycles. The standard InChI is InChI=1S/C12H17N3O3/c1-15(12(18)14-8-4-7-13)10-6-3-2-5-9(10)11(16)17/h2-3,5-6H,4,7-8,13H2,1H3,(H,14,18)(H,16,17). The van der Waals surface area contributed by atoms with Crippen molar-refractivity contribution in [2.75, 3.05) is 25.0 Å². The third-order valence-electron chi connectivity index (χ3n) is 2.46. The molecule has 0 radical (unpaired) electrons. The van der Waals surface area contributed by atoms with Crippen LogP contribution in [0, 0.1) is 0 Å². The molecule has 0 aromatic heterocycles. The minimum atomic E-state index is -1.06. The van der Waals surface area contributed by atoms with Crippen LogP contribution >= 0.6 is 0 Å². The maximum absolute atomic E-state index is 11.8. The highest BCUT2D eigenvalue weighted by molar-refractivity contribution is 6.01. The van der Waals surface area contributed by atoms with E-state index in [2.05, 4.69) is 5.32 Å². The van der Waals surface area contributed by atoms with Crippen LogP contribution in [0.5, 0.6) is 0 Å². The SMILES string of the molecule is CN(C(=O)NCCCN)c1ccccc1C(=O)O. The Balaban J connectivity index is 2.80. The van der Waals surface area contributed by atoms with Crippen LogP contribution in [0.3, 0.4) is 0 Å². The number of carboxylic acids is 1. The Bertz CT molecular complexity index is 434. The second-order valence-corrected chi connectivity index (χ2v) is 3.76. The molecule has 18 heavy (non-hydrogen) atoms. The molecule has 0 aliphatic carbocycles. The van der Waals surface area contributed by atoms with Gasteiger partial charge in [0.25, 0.3) is 0 Å². The van der Waals surface area contributed by atoms with Gasteiger partial charge in [0.1, 0.15) is 0 Å². The van der Waals surface area contributed by atoms with E-state index in [1.54, 1.807) is 18.2 Å². The third-order valence-corrected chi connectivity index (χ3v) is 2.46. The monoisotopic (exact) mass is 251 g/mol. The van der Waals surface area contributed by atoms with E-state index in [9.17, 15) is 9.59 Å². The van der Waals surface area contributed by atoms with E-state index in [4.69, 9.17) is 10.8 Å². The lowest BCUT2D eigenvalue weighted by atomic mass is 10.1. The van der Waals surface area contributed by atoms with E-state index in [0.717, 1.165) is 0 Å². The summed E-state index contributed by atoms with van der Waals surface area (Å²) in [6.45, 7) is 0.963. The molecule has 0 saturated carbocycles. The van der Waals surface area contributed by atoms with E-state index in [1.807, 2.05) is 0 Å². The summed E-state index contributed by atoms with van der Waals surface area (Å²) in [5.41, 5.74) is 5.77. The molecule has 0 spiro atoms. The third kappa shape index (κ3) is 3.46. The Morgan fingerprint density at radius 2 is 2.06 bits per heavy atom. The van der Waals surface area contributed by atoms with Gasteiger partial charge in [0.15, 0.2) is 0 Å². The van der Waals surface area contributed by atoms with Crippen molar-refractivity contribution in [1.82, 2.24) is 5.32 Å². The summed E-state index contributed by atoms with van der Waals surface area (Å²) >= 11 is 0. The number of para-hydroxylation sites is 1. The Morgan fingerprint density at radius 3 is 2.67 bits per heavy atom. The van der Waals surface area contributed by atoms with Gasteiger partial charge in [-0.15, -0.1) is 0 Å². The molecule has 1 aromatic rings. The van der Waals surface area contributed by atoms with Crippen LogP contribution in [0.25, 0.3) is 0 Å². The number of amides is 2. The van der Waals surface area contributed by atoms with Gasteiger partial charge in [-0.1, -0.05) is 12.1 Å². The van der Waals surface area contributed by atoms with Gasteiger partial charge in [-0.2, -0.15) is 0 Å². The number of nitrogens with one attached hydrogen (secondary N) is 1. The Labute approximate surface area is 105 Å². The lowest BCUT2D eigenvalue weighted by molar-refractivity contribution is 0.0697. The molecule has 98 valence electrons. The zero-order valence-corrected chi connectivity index (χ0v) is 10.2. The highest BCUT2D eigenvalue weighted by atomic mass is 16.4. The van der Waals surface area contributed by atoms with Gasteiger partial charge in [-0.05, 0) is 25.1 Å². The number of benzene rings is 1. The highest BCUT2D eigenvalue weighted by Gasteiger charge is 2.16. The number of nitrogens with zero attached hydrogens (tertiary/aromatic N) is 1. The van der Waals surface area contributed by atoms with Crippen molar-refractivity contribution in [2.45, 2.75) is 6.42 Å². The predicted octanol–water partition coefficient (Wildman–Crippen LogP) is 0.879. The topological polar surface area (TPSA) is 95.7 Å². The number of hydrogen-bond donors (Lipinski definition) is 3. The maximum atomic E-state index is 11.8. The first-order chi connectivity index (χ1) is 8.57. The van der Waals surface area contributed by atoms with E-state index >= 15 is 0 Å². The summed E-state index contributed by atoms with van der Waals surface area (Å²) in [6, 6.07) is 6.00. The summed E-state index contributed by atoms with van der Waals surface area (Å²) in [4.78, 5) is 24.1. The van der Waals surface area contributed by atoms with E-state index in [-0.39, 0.29) is 11.6 Å². The summed E-state index contributed by atoms with van der Waals surface area (Å²) in [6.07, 6.45) is 0.681. The lowest BCUT2D eigenvalue weighted by Gasteiger charge is -2.19. The molecule has 0 aliphatic rings. The Kier molecular flexibility index (Phi) is 5.13. The first kappa shape index (κ1) is 14.0. The number of hydrogen-bond acceptors (Lipinski definition) is 3. The van der Waals surface area contributed by atoms with Crippen molar-refractivity contribution in [1.29, 1.82) is 0 Å². The van der Waals surface area contributed by atoms with E-state index in [0.29, 0.717) is 25.2 Å². The van der Waals surface area contributed by atoms with E-state index < -0.39 is 5.97 Å². The first-order valence-electron chi connectivity index (χ1n) is 5.62. The van der Waals surface area contributed by atoms with Gasteiger partial charge in [0.2, 0.25) is 0 Å². The fourth-order valence-electron chi connectivity index (χ4n) is 1.47. The number of aromatic carboxylic acids is 1. The molecule has 2 amide bonds. The van der Waals surface area contributed by atoms with Crippen LogP contribution < -0.4 is 16.0 Å². The molecule has 6 heteroatoms. The number of anilines is 1. The summed E-state index contributed by atoms with van der Waals surface area (Å²) < 4.78 is 0. The minimum Gasteiger partial charge on any atom is -0.478 e. The maximum Gasteiger partial charge on any atom is 0.337 e. The second-order valence-electron chi connectivity index (χ2n) is 3.76. The molecule has 0 unspecified atom stereocenters. The zero-order chi connectivity index (χ0) is 13.5. The number of nitrogens with two attached hydrogens (primary N) is 1. The van der Waals surface area contributed by atoms with Crippen molar-refractivity contribution < 1.29 is 14.7 Å².